The lowest BCUT2D eigenvalue weighted by molar-refractivity contribution is 0.144. The van der Waals surface area contributed by atoms with E-state index in [1.807, 2.05) is 0 Å². The molecule has 0 atom stereocenters. The van der Waals surface area contributed by atoms with Crippen LogP contribution < -0.4 is 0 Å². The molecule has 0 spiro atoms. The molecule has 6 heteroatoms. The van der Waals surface area contributed by atoms with E-state index >= 15 is 0 Å². The average molecular weight is 211 g/mol. The van der Waals surface area contributed by atoms with Gasteiger partial charge in [0.05, 0.1) is 23.9 Å². The molecule has 0 aliphatic heterocycles. The Bertz CT molecular complexity index is 301. The van der Waals surface area contributed by atoms with Gasteiger partial charge in [0.2, 0.25) is 0 Å². The normalized spacial score (nSPS) is 11.2. The smallest absolute Gasteiger partial charge is 0.283 e. The van der Waals surface area contributed by atoms with Crippen molar-refractivity contribution in [3.8, 4) is 0 Å². The van der Waals surface area contributed by atoms with Crippen LogP contribution in [0.3, 0.4) is 0 Å². The third-order valence-corrected chi connectivity index (χ3v) is 2.14. The van der Waals surface area contributed by atoms with Gasteiger partial charge in [-0.25, -0.2) is 8.78 Å². The van der Waals surface area contributed by atoms with Gasteiger partial charge in [0.1, 0.15) is 5.69 Å². The third kappa shape index (κ3) is 1.97. The molecule has 0 aliphatic carbocycles. The van der Waals surface area contributed by atoms with Gasteiger partial charge in [0.15, 0.2) is 0 Å². The molecule has 0 bridgehead atoms. The van der Waals surface area contributed by atoms with Gasteiger partial charge in [-0.05, 0) is 6.92 Å². The summed E-state index contributed by atoms with van der Waals surface area (Å²) in [7, 11) is 0. The van der Waals surface area contributed by atoms with Gasteiger partial charge >= 0.3 is 0 Å². The Labute approximate surface area is 78.9 Å². The van der Waals surface area contributed by atoms with Crippen LogP contribution in [0.4, 0.5) is 8.78 Å². The summed E-state index contributed by atoms with van der Waals surface area (Å²) in [4.78, 5) is 0. The third-order valence-electron chi connectivity index (χ3n) is 1.68. The maximum atomic E-state index is 12.2. The largest absolute Gasteiger partial charge is 0.394 e. The van der Waals surface area contributed by atoms with Crippen molar-refractivity contribution in [1.29, 1.82) is 0 Å². The maximum absolute atomic E-state index is 12.2. The number of alkyl halides is 2. The standard InChI is InChI=1S/C7H9ClF2N2O/c1-4-5(8)6(7(9)10)11-12(4)2-3-13/h7,13H,2-3H2,1H3. The number of aliphatic hydroxyl groups excluding tert-OH is 1. The first kappa shape index (κ1) is 10.4. The van der Waals surface area contributed by atoms with Crippen LogP contribution in [0.2, 0.25) is 5.02 Å². The van der Waals surface area contributed by atoms with Crippen LogP contribution in [0.15, 0.2) is 0 Å². The summed E-state index contributed by atoms with van der Waals surface area (Å²) in [6.07, 6.45) is -2.67. The van der Waals surface area contributed by atoms with Crippen molar-refractivity contribution in [2.75, 3.05) is 6.61 Å². The van der Waals surface area contributed by atoms with Crippen molar-refractivity contribution < 1.29 is 13.9 Å². The highest BCUT2D eigenvalue weighted by Crippen LogP contribution is 2.28. The molecule has 1 heterocycles. The number of hydrogen-bond donors (Lipinski definition) is 1. The molecule has 0 amide bonds. The van der Waals surface area contributed by atoms with Crippen LogP contribution in [-0.2, 0) is 6.54 Å². The van der Waals surface area contributed by atoms with Crippen LogP contribution in [0.1, 0.15) is 17.8 Å². The molecule has 0 unspecified atom stereocenters. The van der Waals surface area contributed by atoms with E-state index in [4.69, 9.17) is 16.7 Å². The van der Waals surface area contributed by atoms with Gasteiger partial charge in [-0.15, -0.1) is 0 Å². The molecule has 3 nitrogen and oxygen atoms in total. The highest BCUT2D eigenvalue weighted by atomic mass is 35.5. The molecule has 0 aromatic carbocycles. The number of hydrogen-bond acceptors (Lipinski definition) is 2. The van der Waals surface area contributed by atoms with E-state index in [1.54, 1.807) is 6.92 Å². The highest BCUT2D eigenvalue weighted by Gasteiger charge is 2.19. The minimum Gasteiger partial charge on any atom is -0.394 e. The zero-order valence-corrected chi connectivity index (χ0v) is 7.72. The van der Waals surface area contributed by atoms with Crippen molar-refractivity contribution in [3.05, 3.63) is 16.4 Å². The van der Waals surface area contributed by atoms with E-state index in [1.165, 1.54) is 4.68 Å². The summed E-state index contributed by atoms with van der Waals surface area (Å²) in [6.45, 7) is 1.61. The fraction of sp³-hybridized carbons (Fsp3) is 0.571. The predicted octanol–water partition coefficient (Wildman–Crippen LogP) is 1.77. The summed E-state index contributed by atoms with van der Waals surface area (Å²) in [5.41, 5.74) is 0.0265. The fourth-order valence-electron chi connectivity index (χ4n) is 0.999. The van der Waals surface area contributed by atoms with Crippen LogP contribution in [0.5, 0.6) is 0 Å². The molecule has 1 N–H and O–H groups in total. The zero-order chi connectivity index (χ0) is 10.0. The Morgan fingerprint density at radius 3 is 2.62 bits per heavy atom. The zero-order valence-electron chi connectivity index (χ0n) is 6.97. The molecule has 74 valence electrons. The molecule has 0 saturated heterocycles. The Hall–Kier alpha value is -0.680. The Kier molecular flexibility index (Phi) is 3.22. The summed E-state index contributed by atoms with van der Waals surface area (Å²) >= 11 is 5.60. The summed E-state index contributed by atoms with van der Waals surface area (Å²) < 4.78 is 25.7. The van der Waals surface area contributed by atoms with Gasteiger partial charge in [-0.3, -0.25) is 4.68 Å². The first-order valence-corrected chi connectivity index (χ1v) is 4.07. The molecule has 1 rings (SSSR count). The monoisotopic (exact) mass is 210 g/mol. The highest BCUT2D eigenvalue weighted by molar-refractivity contribution is 6.31. The lowest BCUT2D eigenvalue weighted by Gasteiger charge is -1.99. The SMILES string of the molecule is Cc1c(Cl)c(C(F)F)nn1CCO. The average Bonchev–Trinajstić information content (AvgIpc) is 2.33. The number of aromatic nitrogens is 2. The molecule has 1 aromatic rings. The number of halogens is 3. The maximum Gasteiger partial charge on any atom is 0.283 e. The quantitative estimate of drug-likeness (QED) is 0.826. The second-order valence-corrected chi connectivity index (χ2v) is 2.91. The van der Waals surface area contributed by atoms with E-state index < -0.39 is 12.1 Å². The topological polar surface area (TPSA) is 38.0 Å². The fourth-order valence-corrected chi connectivity index (χ4v) is 1.22. The van der Waals surface area contributed by atoms with E-state index in [9.17, 15) is 8.78 Å². The lowest BCUT2D eigenvalue weighted by atomic mass is 10.4. The van der Waals surface area contributed by atoms with Crippen molar-refractivity contribution in [2.24, 2.45) is 0 Å². The van der Waals surface area contributed by atoms with E-state index in [0.717, 1.165) is 0 Å². The molecule has 0 saturated carbocycles. The van der Waals surface area contributed by atoms with Gasteiger partial charge in [0.25, 0.3) is 6.43 Å². The Morgan fingerprint density at radius 1 is 1.62 bits per heavy atom. The minimum absolute atomic E-state index is 0.0246. The van der Waals surface area contributed by atoms with E-state index in [-0.39, 0.29) is 18.2 Å². The van der Waals surface area contributed by atoms with Crippen LogP contribution in [0.25, 0.3) is 0 Å². The van der Waals surface area contributed by atoms with Crippen molar-refractivity contribution in [1.82, 2.24) is 9.78 Å². The van der Waals surface area contributed by atoms with Gasteiger partial charge < -0.3 is 5.11 Å². The second-order valence-electron chi connectivity index (χ2n) is 2.53. The molecule has 0 aliphatic rings. The lowest BCUT2D eigenvalue weighted by Crippen LogP contribution is -2.06. The molecular formula is C7H9ClF2N2O. The first-order valence-electron chi connectivity index (χ1n) is 3.69. The molecule has 1 aromatic heterocycles. The molecular weight excluding hydrogens is 202 g/mol. The Morgan fingerprint density at radius 2 is 2.23 bits per heavy atom. The van der Waals surface area contributed by atoms with Crippen molar-refractivity contribution in [3.63, 3.8) is 0 Å². The predicted molar refractivity (Wildman–Crippen MR) is 44.0 cm³/mol. The number of aliphatic hydroxyl groups is 1. The minimum atomic E-state index is -2.67. The first-order chi connectivity index (χ1) is 6.07. The summed E-state index contributed by atoms with van der Waals surface area (Å²) in [5.74, 6) is 0. The molecule has 0 radical (unpaired) electrons. The van der Waals surface area contributed by atoms with Crippen LogP contribution in [-0.4, -0.2) is 21.5 Å². The van der Waals surface area contributed by atoms with Crippen LogP contribution >= 0.6 is 11.6 Å². The van der Waals surface area contributed by atoms with Crippen molar-refractivity contribution in [2.45, 2.75) is 19.9 Å². The summed E-state index contributed by atoms with van der Waals surface area (Å²) in [5, 5.41) is 12.1. The van der Waals surface area contributed by atoms with Crippen molar-refractivity contribution >= 4 is 11.6 Å². The summed E-state index contributed by atoms with van der Waals surface area (Å²) in [6, 6.07) is 0. The molecule has 13 heavy (non-hydrogen) atoms. The molecule has 0 fully saturated rings. The van der Waals surface area contributed by atoms with Gasteiger partial charge in [-0.2, -0.15) is 5.10 Å². The second kappa shape index (κ2) is 4.02. The number of rotatable bonds is 3. The van der Waals surface area contributed by atoms with Gasteiger partial charge in [0, 0.05) is 0 Å². The van der Waals surface area contributed by atoms with Crippen LogP contribution in [0, 0.1) is 6.92 Å². The number of nitrogens with zero attached hydrogens (tertiary/aromatic N) is 2. The van der Waals surface area contributed by atoms with Gasteiger partial charge in [-0.1, -0.05) is 11.6 Å². The Balaban J connectivity index is 3.05. The van der Waals surface area contributed by atoms with E-state index in [0.29, 0.717) is 5.69 Å². The van der Waals surface area contributed by atoms with E-state index in [2.05, 4.69) is 5.10 Å².